The van der Waals surface area contributed by atoms with Crippen LogP contribution in [0.5, 0.6) is 0 Å². The van der Waals surface area contributed by atoms with Crippen molar-refractivity contribution in [1.29, 1.82) is 0 Å². The zero-order valence-corrected chi connectivity index (χ0v) is 20.7. The molecule has 8 nitrogen and oxygen atoms in total. The van der Waals surface area contributed by atoms with Crippen LogP contribution in [0.15, 0.2) is 23.1 Å². The molecule has 4 saturated carbocycles. The topological polar surface area (TPSA) is 110 Å². The molecule has 186 valence electrons. The van der Waals surface area contributed by atoms with Crippen LogP contribution in [0.3, 0.4) is 0 Å². The summed E-state index contributed by atoms with van der Waals surface area (Å²) in [5, 5.41) is 14.3. The van der Waals surface area contributed by atoms with Gasteiger partial charge in [-0.3, -0.25) is 14.9 Å². The number of aryl methyl sites for hydroxylation is 1. The highest BCUT2D eigenvalue weighted by Crippen LogP contribution is 2.61. The summed E-state index contributed by atoms with van der Waals surface area (Å²) in [7, 11) is -3.84. The largest absolute Gasteiger partial charge is 0.356 e. The smallest absolute Gasteiger partial charge is 0.270 e. The standard InChI is InChI=1S/C25H35N3O5S/c1-17-2-3-22(28(30)31)13-23(17)34(32,33)27-8-4-21(5-9-27)24(29)26-7-6-25-14-18-10-19(15-25)12-20(11-18)16-25/h2-3,13,18-21H,4-12,14-16H2,1H3,(H,26,29). The van der Waals surface area contributed by atoms with Gasteiger partial charge in [0.05, 0.1) is 9.82 Å². The lowest BCUT2D eigenvalue weighted by Crippen LogP contribution is -2.48. The highest BCUT2D eigenvalue weighted by Gasteiger charge is 2.50. The first-order valence-corrected chi connectivity index (χ1v) is 14.1. The van der Waals surface area contributed by atoms with Crippen molar-refractivity contribution in [3.8, 4) is 0 Å². The van der Waals surface area contributed by atoms with Gasteiger partial charge in [0, 0.05) is 37.7 Å². The Morgan fingerprint density at radius 3 is 2.26 bits per heavy atom. The average Bonchev–Trinajstić information content (AvgIpc) is 2.78. The molecule has 1 amide bonds. The predicted octanol–water partition coefficient (Wildman–Crippen LogP) is 4.03. The van der Waals surface area contributed by atoms with Crippen LogP contribution in [0.1, 0.15) is 63.4 Å². The van der Waals surface area contributed by atoms with Crippen molar-refractivity contribution in [2.75, 3.05) is 19.6 Å². The fourth-order valence-electron chi connectivity index (χ4n) is 7.67. The number of hydrogen-bond acceptors (Lipinski definition) is 5. The molecule has 34 heavy (non-hydrogen) atoms. The van der Waals surface area contributed by atoms with Crippen molar-refractivity contribution < 1.29 is 18.1 Å². The van der Waals surface area contributed by atoms with Crippen LogP contribution >= 0.6 is 0 Å². The molecule has 0 aromatic heterocycles. The molecule has 0 atom stereocenters. The summed E-state index contributed by atoms with van der Waals surface area (Å²) in [6, 6.07) is 3.91. The summed E-state index contributed by atoms with van der Waals surface area (Å²) in [6.07, 6.45) is 10.3. The Morgan fingerprint density at radius 2 is 1.71 bits per heavy atom. The summed E-state index contributed by atoms with van der Waals surface area (Å²) in [6.45, 7) is 2.85. The predicted molar refractivity (Wildman–Crippen MR) is 128 cm³/mol. The second kappa shape index (κ2) is 8.90. The van der Waals surface area contributed by atoms with E-state index in [1.165, 1.54) is 55.0 Å². The SMILES string of the molecule is Cc1ccc([N+](=O)[O-])cc1S(=O)(=O)N1CCC(C(=O)NCCC23CC4CC(CC(C4)C2)C3)CC1. The van der Waals surface area contributed by atoms with Crippen LogP contribution in [0.2, 0.25) is 0 Å². The van der Waals surface area contributed by atoms with Crippen LogP contribution in [-0.4, -0.2) is 43.2 Å². The van der Waals surface area contributed by atoms with Crippen LogP contribution in [0.4, 0.5) is 5.69 Å². The van der Waals surface area contributed by atoms with Gasteiger partial charge in [0.1, 0.15) is 0 Å². The van der Waals surface area contributed by atoms with E-state index in [9.17, 15) is 23.3 Å². The molecule has 9 heteroatoms. The number of nitrogens with zero attached hydrogens (tertiary/aromatic N) is 2. The molecule has 0 radical (unpaired) electrons. The molecule has 1 aromatic carbocycles. The maximum atomic E-state index is 13.1. The van der Waals surface area contributed by atoms with Gasteiger partial charge in [-0.25, -0.2) is 8.42 Å². The van der Waals surface area contributed by atoms with E-state index in [-0.39, 0.29) is 35.5 Å². The van der Waals surface area contributed by atoms with Gasteiger partial charge in [0.2, 0.25) is 15.9 Å². The average molecular weight is 490 g/mol. The van der Waals surface area contributed by atoms with Gasteiger partial charge in [0.25, 0.3) is 5.69 Å². The van der Waals surface area contributed by atoms with Gasteiger partial charge < -0.3 is 5.32 Å². The first kappa shape index (κ1) is 23.7. The number of sulfonamides is 1. The minimum atomic E-state index is -3.84. The third-order valence-electron chi connectivity index (χ3n) is 8.94. The second-order valence-electron chi connectivity index (χ2n) is 11.3. The normalized spacial score (nSPS) is 31.5. The molecule has 1 aliphatic heterocycles. The molecule has 4 bridgehead atoms. The zero-order valence-electron chi connectivity index (χ0n) is 19.9. The molecule has 0 unspecified atom stereocenters. The summed E-state index contributed by atoms with van der Waals surface area (Å²) in [4.78, 5) is 23.3. The molecular formula is C25H35N3O5S. The molecule has 1 aromatic rings. The lowest BCUT2D eigenvalue weighted by Gasteiger charge is -2.57. The van der Waals surface area contributed by atoms with Crippen molar-refractivity contribution in [3.63, 3.8) is 0 Å². The maximum absolute atomic E-state index is 13.1. The molecule has 0 spiro atoms. The Bertz CT molecular complexity index is 1040. The van der Waals surface area contributed by atoms with Crippen molar-refractivity contribution in [1.82, 2.24) is 9.62 Å². The number of nitro benzene ring substituents is 1. The fourth-order valence-corrected chi connectivity index (χ4v) is 9.38. The van der Waals surface area contributed by atoms with E-state index in [2.05, 4.69) is 5.32 Å². The molecule has 4 aliphatic carbocycles. The lowest BCUT2D eigenvalue weighted by molar-refractivity contribution is -0.385. The van der Waals surface area contributed by atoms with Gasteiger partial charge >= 0.3 is 0 Å². The Labute approximate surface area is 201 Å². The number of nitrogens with one attached hydrogen (secondary N) is 1. The molecule has 1 N–H and O–H groups in total. The van der Waals surface area contributed by atoms with E-state index in [1.54, 1.807) is 6.92 Å². The van der Waals surface area contributed by atoms with Gasteiger partial charge in [-0.2, -0.15) is 4.31 Å². The quantitative estimate of drug-likeness (QED) is 0.459. The van der Waals surface area contributed by atoms with Gasteiger partial charge in [-0.15, -0.1) is 0 Å². The number of hydrogen-bond donors (Lipinski definition) is 1. The first-order chi connectivity index (χ1) is 16.1. The Morgan fingerprint density at radius 1 is 1.12 bits per heavy atom. The Kier molecular flexibility index (Phi) is 6.21. The number of nitro groups is 1. The Hall–Kier alpha value is -2.00. The van der Waals surface area contributed by atoms with E-state index in [1.807, 2.05) is 0 Å². The Balaban J connectivity index is 1.14. The van der Waals surface area contributed by atoms with E-state index in [0.717, 1.165) is 36.8 Å². The molecular weight excluding hydrogens is 454 g/mol. The van der Waals surface area contributed by atoms with E-state index in [4.69, 9.17) is 0 Å². The first-order valence-electron chi connectivity index (χ1n) is 12.7. The highest BCUT2D eigenvalue weighted by molar-refractivity contribution is 7.89. The molecule has 6 rings (SSSR count). The van der Waals surface area contributed by atoms with Crippen LogP contribution < -0.4 is 5.32 Å². The van der Waals surface area contributed by atoms with Crippen molar-refractivity contribution in [2.45, 2.75) is 69.6 Å². The summed E-state index contributed by atoms with van der Waals surface area (Å²) < 4.78 is 27.6. The zero-order chi connectivity index (χ0) is 24.1. The van der Waals surface area contributed by atoms with Crippen molar-refractivity contribution in [3.05, 3.63) is 33.9 Å². The molecule has 5 fully saturated rings. The molecule has 5 aliphatic rings. The second-order valence-corrected chi connectivity index (χ2v) is 13.3. The van der Waals surface area contributed by atoms with E-state index >= 15 is 0 Å². The van der Waals surface area contributed by atoms with E-state index in [0.29, 0.717) is 23.8 Å². The molecule has 1 heterocycles. The maximum Gasteiger partial charge on any atom is 0.270 e. The van der Waals surface area contributed by atoms with Crippen molar-refractivity contribution >= 4 is 21.6 Å². The minimum absolute atomic E-state index is 0.0276. The number of carbonyl (C=O) groups is 1. The third-order valence-corrected chi connectivity index (χ3v) is 11.0. The van der Waals surface area contributed by atoms with Crippen LogP contribution in [0, 0.1) is 46.1 Å². The number of piperidine rings is 1. The van der Waals surface area contributed by atoms with Crippen LogP contribution in [0.25, 0.3) is 0 Å². The monoisotopic (exact) mass is 489 g/mol. The summed E-state index contributed by atoms with van der Waals surface area (Å²) in [5.74, 6) is 2.57. The highest BCUT2D eigenvalue weighted by atomic mass is 32.2. The van der Waals surface area contributed by atoms with Crippen molar-refractivity contribution in [2.24, 2.45) is 29.1 Å². The van der Waals surface area contributed by atoms with E-state index < -0.39 is 14.9 Å². The lowest BCUT2D eigenvalue weighted by atomic mass is 9.49. The number of carbonyl (C=O) groups excluding carboxylic acids is 1. The minimum Gasteiger partial charge on any atom is -0.356 e. The number of amides is 1. The third kappa shape index (κ3) is 4.49. The number of non-ortho nitro benzene ring substituents is 1. The fraction of sp³-hybridized carbons (Fsp3) is 0.720. The van der Waals surface area contributed by atoms with Gasteiger partial charge in [-0.1, -0.05) is 6.07 Å². The van der Waals surface area contributed by atoms with Crippen LogP contribution in [-0.2, 0) is 14.8 Å². The number of rotatable bonds is 7. The van der Waals surface area contributed by atoms with Gasteiger partial charge in [-0.05, 0) is 93.4 Å². The number of benzene rings is 1. The summed E-state index contributed by atoms with van der Waals surface area (Å²) in [5.41, 5.74) is 0.683. The van der Waals surface area contributed by atoms with Gasteiger partial charge in [0.15, 0.2) is 0 Å². The summed E-state index contributed by atoms with van der Waals surface area (Å²) >= 11 is 0. The molecule has 1 saturated heterocycles.